The molecule has 1 aromatic heterocycles. The van der Waals surface area contributed by atoms with Crippen molar-refractivity contribution < 1.29 is 13.2 Å². The van der Waals surface area contributed by atoms with Crippen molar-refractivity contribution >= 4 is 11.5 Å². The topological polar surface area (TPSA) is 25.8 Å². The molecule has 0 bridgehead atoms. The maximum absolute atomic E-state index is 11.7. The average Bonchev–Trinajstić information content (AvgIpc) is 2.11. The van der Waals surface area contributed by atoms with Crippen LogP contribution in [0.1, 0.15) is 10.8 Å². The molecule has 1 aromatic rings. The van der Waals surface area contributed by atoms with Gasteiger partial charge in [0.25, 0.3) is 0 Å². The molecule has 0 fully saturated rings. The summed E-state index contributed by atoms with van der Waals surface area (Å²) in [7, 11) is 0. The van der Waals surface area contributed by atoms with Crippen molar-refractivity contribution in [1.29, 1.82) is 0 Å². The number of rotatable bonds is 0. The van der Waals surface area contributed by atoms with Crippen LogP contribution in [0, 0.1) is 6.92 Å². The van der Waals surface area contributed by atoms with E-state index in [1.165, 1.54) is 0 Å². The SMILES string of the molecule is [CH]c1nsc(C(F)(F)F)n1. The number of halogens is 3. The first-order valence-corrected chi connectivity index (χ1v) is 2.94. The highest BCUT2D eigenvalue weighted by atomic mass is 32.1. The number of aromatic nitrogens is 2. The van der Waals surface area contributed by atoms with Crippen LogP contribution in [0.25, 0.3) is 0 Å². The lowest BCUT2D eigenvalue weighted by molar-refractivity contribution is -0.137. The Morgan fingerprint density at radius 2 is 2.00 bits per heavy atom. The van der Waals surface area contributed by atoms with E-state index in [0.29, 0.717) is 0 Å². The van der Waals surface area contributed by atoms with E-state index in [0.717, 1.165) is 0 Å². The van der Waals surface area contributed by atoms with Crippen LogP contribution in [-0.2, 0) is 6.18 Å². The predicted molar refractivity (Wildman–Crippen MR) is 28.3 cm³/mol. The Kier molecular flexibility index (Phi) is 1.63. The zero-order chi connectivity index (χ0) is 7.78. The van der Waals surface area contributed by atoms with Gasteiger partial charge in [0.15, 0.2) is 0 Å². The van der Waals surface area contributed by atoms with E-state index >= 15 is 0 Å². The Morgan fingerprint density at radius 1 is 1.40 bits per heavy atom. The van der Waals surface area contributed by atoms with Crippen molar-refractivity contribution in [2.45, 2.75) is 6.18 Å². The van der Waals surface area contributed by atoms with Crippen LogP contribution < -0.4 is 0 Å². The first kappa shape index (κ1) is 7.46. The molecule has 2 radical (unpaired) electrons. The number of nitrogens with zero attached hydrogens (tertiary/aromatic N) is 2. The molecule has 0 saturated heterocycles. The van der Waals surface area contributed by atoms with Gasteiger partial charge in [0, 0.05) is 6.92 Å². The van der Waals surface area contributed by atoms with Gasteiger partial charge < -0.3 is 0 Å². The van der Waals surface area contributed by atoms with Gasteiger partial charge >= 0.3 is 6.18 Å². The Morgan fingerprint density at radius 3 is 2.20 bits per heavy atom. The summed E-state index contributed by atoms with van der Waals surface area (Å²) < 4.78 is 38.1. The van der Waals surface area contributed by atoms with Gasteiger partial charge in [-0.3, -0.25) is 0 Å². The van der Waals surface area contributed by atoms with Crippen LogP contribution in [-0.4, -0.2) is 9.36 Å². The third-order valence-electron chi connectivity index (χ3n) is 0.684. The number of hydrogen-bond donors (Lipinski definition) is 0. The maximum Gasteiger partial charge on any atom is 0.444 e. The fourth-order valence-corrected chi connectivity index (χ4v) is 0.809. The van der Waals surface area contributed by atoms with E-state index < -0.39 is 11.2 Å². The van der Waals surface area contributed by atoms with Crippen molar-refractivity contribution in [2.75, 3.05) is 0 Å². The van der Waals surface area contributed by atoms with Crippen molar-refractivity contribution in [1.82, 2.24) is 9.36 Å². The molecule has 0 aliphatic rings. The highest BCUT2D eigenvalue weighted by Crippen LogP contribution is 2.29. The summed E-state index contributed by atoms with van der Waals surface area (Å²) >= 11 is 0.245. The summed E-state index contributed by atoms with van der Waals surface area (Å²) in [6.45, 7) is 4.86. The van der Waals surface area contributed by atoms with Crippen LogP contribution in [0.5, 0.6) is 0 Å². The molecular formula is C4HF3N2S. The maximum atomic E-state index is 11.7. The lowest BCUT2D eigenvalue weighted by Gasteiger charge is -1.97. The molecule has 0 spiro atoms. The molecule has 0 N–H and O–H groups in total. The summed E-state index contributed by atoms with van der Waals surface area (Å²) in [6.07, 6.45) is -4.42. The van der Waals surface area contributed by atoms with Crippen LogP contribution in [0.15, 0.2) is 0 Å². The van der Waals surface area contributed by atoms with Crippen molar-refractivity contribution in [3.8, 4) is 0 Å². The van der Waals surface area contributed by atoms with E-state index in [2.05, 4.69) is 9.36 Å². The highest BCUT2D eigenvalue weighted by Gasteiger charge is 2.34. The van der Waals surface area contributed by atoms with Crippen LogP contribution >= 0.6 is 11.5 Å². The molecule has 0 atom stereocenters. The zero-order valence-electron chi connectivity index (χ0n) is 4.51. The second kappa shape index (κ2) is 2.19. The van der Waals surface area contributed by atoms with Gasteiger partial charge in [-0.15, -0.1) is 0 Å². The van der Waals surface area contributed by atoms with Gasteiger partial charge in [-0.05, 0) is 11.5 Å². The van der Waals surface area contributed by atoms with Gasteiger partial charge in [-0.1, -0.05) is 0 Å². The third kappa shape index (κ3) is 1.44. The molecule has 2 nitrogen and oxygen atoms in total. The Balaban J connectivity index is 2.96. The van der Waals surface area contributed by atoms with Gasteiger partial charge in [-0.25, -0.2) is 4.98 Å². The molecule has 0 saturated carbocycles. The van der Waals surface area contributed by atoms with Crippen LogP contribution in [0.2, 0.25) is 0 Å². The summed E-state index contributed by atoms with van der Waals surface area (Å²) in [5.41, 5.74) is 0. The minimum atomic E-state index is -4.42. The standard InChI is InChI=1S/C4HF3N2S/c1-2-8-3(10-9-2)4(5,6)7/h1H. The van der Waals surface area contributed by atoms with E-state index in [4.69, 9.17) is 6.92 Å². The lowest BCUT2D eigenvalue weighted by atomic mass is 10.6. The summed E-state index contributed by atoms with van der Waals surface area (Å²) in [4.78, 5) is 2.94. The van der Waals surface area contributed by atoms with Gasteiger partial charge in [0.05, 0.1) is 0 Å². The molecule has 54 valence electrons. The summed E-state index contributed by atoms with van der Waals surface area (Å²) in [5.74, 6) is -0.336. The molecule has 6 heteroatoms. The van der Waals surface area contributed by atoms with Crippen molar-refractivity contribution in [3.63, 3.8) is 0 Å². The van der Waals surface area contributed by atoms with Gasteiger partial charge in [0.2, 0.25) is 5.01 Å². The predicted octanol–water partition coefficient (Wildman–Crippen LogP) is 1.62. The normalized spacial score (nSPS) is 12.0. The Bertz CT molecular complexity index is 229. The molecular weight excluding hydrogens is 165 g/mol. The smallest absolute Gasteiger partial charge is 0.215 e. The zero-order valence-corrected chi connectivity index (χ0v) is 5.33. The van der Waals surface area contributed by atoms with E-state index in [-0.39, 0.29) is 17.4 Å². The second-order valence-electron chi connectivity index (χ2n) is 1.46. The highest BCUT2D eigenvalue weighted by molar-refractivity contribution is 7.05. The molecule has 1 rings (SSSR count). The monoisotopic (exact) mass is 166 g/mol. The minimum absolute atomic E-state index is 0.245. The molecule has 0 aliphatic carbocycles. The quantitative estimate of drug-likeness (QED) is 0.585. The summed E-state index contributed by atoms with van der Waals surface area (Å²) in [5, 5.41) is -1.01. The van der Waals surface area contributed by atoms with Crippen molar-refractivity contribution in [2.24, 2.45) is 0 Å². The fraction of sp³-hybridized carbons (Fsp3) is 0.250. The van der Waals surface area contributed by atoms with Gasteiger partial charge in [-0.2, -0.15) is 17.5 Å². The molecule has 1 heterocycles. The van der Waals surface area contributed by atoms with Crippen LogP contribution in [0.3, 0.4) is 0 Å². The van der Waals surface area contributed by atoms with Crippen LogP contribution in [0.4, 0.5) is 13.2 Å². The molecule has 0 unspecified atom stereocenters. The van der Waals surface area contributed by atoms with Gasteiger partial charge in [0.1, 0.15) is 5.82 Å². The van der Waals surface area contributed by atoms with E-state index in [9.17, 15) is 13.2 Å². The summed E-state index contributed by atoms with van der Waals surface area (Å²) in [6, 6.07) is 0. The first-order chi connectivity index (χ1) is 4.50. The molecule has 0 amide bonds. The third-order valence-corrected chi connectivity index (χ3v) is 1.46. The number of alkyl halides is 3. The second-order valence-corrected chi connectivity index (χ2v) is 2.21. The van der Waals surface area contributed by atoms with E-state index in [1.807, 2.05) is 0 Å². The minimum Gasteiger partial charge on any atom is -0.215 e. The first-order valence-electron chi connectivity index (χ1n) is 2.16. The fourth-order valence-electron chi connectivity index (χ4n) is 0.350. The largest absolute Gasteiger partial charge is 0.444 e. The Labute approximate surface area is 58.9 Å². The van der Waals surface area contributed by atoms with Crippen molar-refractivity contribution in [3.05, 3.63) is 17.8 Å². The van der Waals surface area contributed by atoms with E-state index in [1.54, 1.807) is 0 Å². The number of hydrogen-bond acceptors (Lipinski definition) is 3. The lowest BCUT2D eigenvalue weighted by Crippen LogP contribution is -2.03. The average molecular weight is 166 g/mol. The molecule has 10 heavy (non-hydrogen) atoms. The molecule has 0 aromatic carbocycles. The molecule has 0 aliphatic heterocycles. The Hall–Kier alpha value is -0.650.